The van der Waals surface area contributed by atoms with Crippen LogP contribution in [0, 0.1) is 0 Å². The Hall–Kier alpha value is -0.620. The van der Waals surface area contributed by atoms with E-state index in [0.717, 1.165) is 25.9 Å². The molecule has 0 saturated carbocycles. The summed E-state index contributed by atoms with van der Waals surface area (Å²) in [7, 11) is 0. The molecule has 0 amide bonds. The minimum Gasteiger partial charge on any atom is -0.389 e. The van der Waals surface area contributed by atoms with Gasteiger partial charge in [-0.05, 0) is 33.6 Å². The largest absolute Gasteiger partial charge is 0.389 e. The zero-order valence-electron chi connectivity index (χ0n) is 13.1. The molecule has 2 rings (SSSR count). The van der Waals surface area contributed by atoms with Gasteiger partial charge in [-0.25, -0.2) is 0 Å². The maximum atomic E-state index is 10.0. The monoisotopic (exact) mass is 315 g/mol. The Kier molecular flexibility index (Phi) is 5.66. The van der Waals surface area contributed by atoms with E-state index in [1.807, 2.05) is 31.6 Å². The first-order chi connectivity index (χ1) is 9.83. The van der Waals surface area contributed by atoms with Crippen molar-refractivity contribution >= 4 is 11.6 Å². The van der Waals surface area contributed by atoms with E-state index in [1.165, 1.54) is 0 Å². The number of likely N-dealkylation sites (tertiary alicyclic amines) is 1. The van der Waals surface area contributed by atoms with E-state index in [1.54, 1.807) is 6.20 Å². The molecule has 1 aromatic heterocycles. The molecule has 120 valence electrons. The summed E-state index contributed by atoms with van der Waals surface area (Å²) in [5.41, 5.74) is -0.201. The third kappa shape index (κ3) is 5.58. The van der Waals surface area contributed by atoms with Gasteiger partial charge in [0.05, 0.1) is 35.6 Å². The maximum absolute atomic E-state index is 10.0. The number of halogens is 1. The van der Waals surface area contributed by atoms with E-state index in [-0.39, 0.29) is 5.60 Å². The summed E-state index contributed by atoms with van der Waals surface area (Å²) in [6, 6.07) is 0.414. The minimum absolute atomic E-state index is 0.201. The van der Waals surface area contributed by atoms with Crippen molar-refractivity contribution in [1.82, 2.24) is 14.7 Å². The first-order valence-corrected chi connectivity index (χ1v) is 7.95. The van der Waals surface area contributed by atoms with Crippen LogP contribution >= 0.6 is 11.6 Å². The van der Waals surface area contributed by atoms with Crippen LogP contribution in [0.1, 0.15) is 39.7 Å². The van der Waals surface area contributed by atoms with Crippen molar-refractivity contribution in [2.75, 3.05) is 26.2 Å². The smallest absolute Gasteiger partial charge is 0.0900 e. The first kappa shape index (κ1) is 16.7. The minimum atomic E-state index is -0.431. The van der Waals surface area contributed by atoms with Gasteiger partial charge in [-0.3, -0.25) is 4.68 Å². The predicted octanol–water partition coefficient (Wildman–Crippen LogP) is 2.35. The molecule has 1 aliphatic heterocycles. The number of nitrogens with zero attached hydrogens (tertiary/aromatic N) is 3. The lowest BCUT2D eigenvalue weighted by molar-refractivity contribution is -0.0577. The normalized spacial score (nSPS) is 19.9. The fourth-order valence-electron chi connectivity index (χ4n) is 2.58. The highest BCUT2D eigenvalue weighted by Crippen LogP contribution is 2.23. The summed E-state index contributed by atoms with van der Waals surface area (Å²) in [4.78, 5) is 2.29. The zero-order valence-corrected chi connectivity index (χ0v) is 13.9. The van der Waals surface area contributed by atoms with Crippen LogP contribution in [0.2, 0.25) is 5.02 Å². The second kappa shape index (κ2) is 7.09. The average Bonchev–Trinajstić information content (AvgIpc) is 2.83. The van der Waals surface area contributed by atoms with Crippen LogP contribution in [0.3, 0.4) is 0 Å². The van der Waals surface area contributed by atoms with Gasteiger partial charge >= 0.3 is 0 Å². The summed E-state index contributed by atoms with van der Waals surface area (Å²) in [5.74, 6) is 0. The van der Waals surface area contributed by atoms with Crippen LogP contribution in [0.15, 0.2) is 12.4 Å². The lowest BCUT2D eigenvalue weighted by atomic mass is 10.0. The van der Waals surface area contributed by atoms with Crippen molar-refractivity contribution in [2.45, 2.75) is 51.4 Å². The SMILES string of the molecule is CC(C)(C)OCC(O)CN1CCC(n2cc(Cl)cn2)CC1. The zero-order chi connectivity index (χ0) is 15.5. The molecular weight excluding hydrogens is 290 g/mol. The topological polar surface area (TPSA) is 50.5 Å². The highest BCUT2D eigenvalue weighted by molar-refractivity contribution is 6.30. The number of aliphatic hydroxyl groups excluding tert-OH is 1. The molecule has 2 heterocycles. The van der Waals surface area contributed by atoms with Crippen molar-refractivity contribution < 1.29 is 9.84 Å². The van der Waals surface area contributed by atoms with Gasteiger partial charge in [0.25, 0.3) is 0 Å². The summed E-state index contributed by atoms with van der Waals surface area (Å²) in [5, 5.41) is 15.0. The molecule has 1 aromatic rings. The second-order valence-electron chi connectivity index (χ2n) is 6.75. The fraction of sp³-hybridized carbons (Fsp3) is 0.800. The highest BCUT2D eigenvalue weighted by atomic mass is 35.5. The van der Waals surface area contributed by atoms with Crippen molar-refractivity contribution in [3.63, 3.8) is 0 Å². The van der Waals surface area contributed by atoms with Crippen molar-refractivity contribution in [3.8, 4) is 0 Å². The van der Waals surface area contributed by atoms with Crippen LogP contribution in [0.5, 0.6) is 0 Å². The maximum Gasteiger partial charge on any atom is 0.0900 e. The van der Waals surface area contributed by atoms with Crippen molar-refractivity contribution in [3.05, 3.63) is 17.4 Å². The highest BCUT2D eigenvalue weighted by Gasteiger charge is 2.23. The van der Waals surface area contributed by atoms with Gasteiger partial charge in [-0.15, -0.1) is 0 Å². The molecule has 1 fully saturated rings. The van der Waals surface area contributed by atoms with E-state index < -0.39 is 6.10 Å². The molecule has 1 unspecified atom stereocenters. The van der Waals surface area contributed by atoms with Crippen LogP contribution in [-0.4, -0.2) is 57.7 Å². The molecule has 1 atom stereocenters. The Labute approximate surface area is 131 Å². The number of aromatic nitrogens is 2. The molecule has 1 aliphatic rings. The average molecular weight is 316 g/mol. The number of piperidine rings is 1. The third-order valence-electron chi connectivity index (χ3n) is 3.68. The lowest BCUT2D eigenvalue weighted by Crippen LogP contribution is -2.41. The molecule has 21 heavy (non-hydrogen) atoms. The Bertz CT molecular complexity index is 436. The second-order valence-corrected chi connectivity index (χ2v) is 7.18. The standard InChI is InChI=1S/C15H26ClN3O2/c1-15(2,3)21-11-14(20)10-18-6-4-13(5-7-18)19-9-12(16)8-17-19/h8-9,13-14,20H,4-7,10-11H2,1-3H3. The van der Waals surface area contributed by atoms with E-state index in [9.17, 15) is 5.11 Å². The predicted molar refractivity (Wildman–Crippen MR) is 83.7 cm³/mol. The Morgan fingerprint density at radius 3 is 2.62 bits per heavy atom. The van der Waals surface area contributed by atoms with Crippen LogP contribution in [0.25, 0.3) is 0 Å². The number of ether oxygens (including phenoxy) is 1. The van der Waals surface area contributed by atoms with Crippen LogP contribution in [0.4, 0.5) is 0 Å². The molecule has 6 heteroatoms. The van der Waals surface area contributed by atoms with Crippen LogP contribution in [-0.2, 0) is 4.74 Å². The molecule has 5 nitrogen and oxygen atoms in total. The fourth-order valence-corrected chi connectivity index (χ4v) is 2.72. The summed E-state index contributed by atoms with van der Waals surface area (Å²) < 4.78 is 7.58. The van der Waals surface area contributed by atoms with Gasteiger partial charge in [-0.1, -0.05) is 11.6 Å². The van der Waals surface area contributed by atoms with E-state index in [4.69, 9.17) is 16.3 Å². The van der Waals surface area contributed by atoms with Gasteiger partial charge in [0.15, 0.2) is 0 Å². The summed E-state index contributed by atoms with van der Waals surface area (Å²) in [6.45, 7) is 8.99. The Balaban J connectivity index is 1.71. The van der Waals surface area contributed by atoms with E-state index >= 15 is 0 Å². The molecule has 0 aromatic carbocycles. The Morgan fingerprint density at radius 1 is 1.43 bits per heavy atom. The van der Waals surface area contributed by atoms with Gasteiger partial charge in [0.2, 0.25) is 0 Å². The number of rotatable bonds is 5. The summed E-state index contributed by atoms with van der Waals surface area (Å²) in [6.07, 6.45) is 5.20. The number of β-amino-alcohol motifs (C(OH)–C–C–N with tert-alkyl or cyclic N) is 1. The molecule has 1 N–H and O–H groups in total. The van der Waals surface area contributed by atoms with Gasteiger partial charge in [-0.2, -0.15) is 5.10 Å². The van der Waals surface area contributed by atoms with Crippen molar-refractivity contribution in [2.24, 2.45) is 0 Å². The number of hydrogen-bond donors (Lipinski definition) is 1. The first-order valence-electron chi connectivity index (χ1n) is 7.57. The molecule has 1 saturated heterocycles. The molecule has 0 aliphatic carbocycles. The molecular formula is C15H26ClN3O2. The molecule has 0 spiro atoms. The summed E-state index contributed by atoms with van der Waals surface area (Å²) >= 11 is 5.91. The van der Waals surface area contributed by atoms with Crippen molar-refractivity contribution in [1.29, 1.82) is 0 Å². The van der Waals surface area contributed by atoms with Crippen LogP contribution < -0.4 is 0 Å². The lowest BCUT2D eigenvalue weighted by Gasteiger charge is -2.33. The number of hydrogen-bond acceptors (Lipinski definition) is 4. The quantitative estimate of drug-likeness (QED) is 0.906. The molecule has 0 bridgehead atoms. The molecule has 0 radical (unpaired) electrons. The van der Waals surface area contributed by atoms with Gasteiger partial charge < -0.3 is 14.7 Å². The third-order valence-corrected chi connectivity index (χ3v) is 3.87. The van der Waals surface area contributed by atoms with Gasteiger partial charge in [0, 0.05) is 25.8 Å². The Morgan fingerprint density at radius 2 is 2.10 bits per heavy atom. The van der Waals surface area contributed by atoms with E-state index in [2.05, 4.69) is 10.00 Å². The number of aliphatic hydroxyl groups is 1. The van der Waals surface area contributed by atoms with Gasteiger partial charge in [0.1, 0.15) is 0 Å². The van der Waals surface area contributed by atoms with E-state index in [0.29, 0.717) is 24.2 Å².